The molecule has 0 bridgehead atoms. The largest absolute Gasteiger partial charge is 0.357 e. The van der Waals surface area contributed by atoms with E-state index in [1.54, 1.807) is 6.20 Å². The van der Waals surface area contributed by atoms with Gasteiger partial charge in [0, 0.05) is 37.9 Å². The molecule has 2 N–H and O–H groups in total. The van der Waals surface area contributed by atoms with Gasteiger partial charge in [0.1, 0.15) is 5.82 Å². The van der Waals surface area contributed by atoms with E-state index in [-0.39, 0.29) is 0 Å². The standard InChI is InChI=1S/C20H33ClN6/c1-3-22-20(24-14-17-8-5-6-12-26(17)4-2)25-16-10-13-27(15-16)19-18(21)9-7-11-23-19/h7,9,11,16-17H,3-6,8,10,12-15H2,1-2H3,(H2,22,24,25). The summed E-state index contributed by atoms with van der Waals surface area (Å²) in [6.07, 6.45) is 6.76. The van der Waals surface area contributed by atoms with Crippen molar-refractivity contribution in [3.05, 3.63) is 23.4 Å². The van der Waals surface area contributed by atoms with Crippen LogP contribution in [0.1, 0.15) is 39.5 Å². The van der Waals surface area contributed by atoms with Gasteiger partial charge in [-0.25, -0.2) is 4.98 Å². The molecule has 2 aliphatic rings. The summed E-state index contributed by atoms with van der Waals surface area (Å²) < 4.78 is 0. The second-order valence-corrected chi connectivity index (χ2v) is 7.79. The number of nitrogens with one attached hydrogen (secondary N) is 2. The minimum absolute atomic E-state index is 0.356. The fourth-order valence-corrected chi connectivity index (χ4v) is 4.31. The zero-order valence-electron chi connectivity index (χ0n) is 16.6. The lowest BCUT2D eigenvalue weighted by molar-refractivity contribution is 0.161. The molecule has 7 heteroatoms. The van der Waals surface area contributed by atoms with Crippen LogP contribution in [0.4, 0.5) is 5.82 Å². The lowest BCUT2D eigenvalue weighted by Crippen LogP contribution is -2.46. The molecule has 2 unspecified atom stereocenters. The van der Waals surface area contributed by atoms with Gasteiger partial charge in [-0.1, -0.05) is 24.9 Å². The lowest BCUT2D eigenvalue weighted by atomic mass is 10.0. The number of nitrogens with zero attached hydrogens (tertiary/aromatic N) is 4. The van der Waals surface area contributed by atoms with Gasteiger partial charge in [0.2, 0.25) is 0 Å². The van der Waals surface area contributed by atoms with E-state index in [9.17, 15) is 0 Å². The predicted molar refractivity (Wildman–Crippen MR) is 114 cm³/mol. The Labute approximate surface area is 168 Å². The molecule has 2 aliphatic heterocycles. The van der Waals surface area contributed by atoms with E-state index in [2.05, 4.69) is 39.3 Å². The molecule has 2 atom stereocenters. The maximum absolute atomic E-state index is 6.31. The van der Waals surface area contributed by atoms with Gasteiger partial charge in [0.05, 0.1) is 11.6 Å². The lowest BCUT2D eigenvalue weighted by Gasteiger charge is -2.34. The van der Waals surface area contributed by atoms with E-state index in [4.69, 9.17) is 16.6 Å². The van der Waals surface area contributed by atoms with Gasteiger partial charge in [0.25, 0.3) is 0 Å². The number of rotatable bonds is 6. The van der Waals surface area contributed by atoms with Gasteiger partial charge >= 0.3 is 0 Å². The first-order valence-corrected chi connectivity index (χ1v) is 10.7. The molecular formula is C20H33ClN6. The minimum atomic E-state index is 0.356. The molecule has 27 heavy (non-hydrogen) atoms. The Morgan fingerprint density at radius 3 is 2.96 bits per heavy atom. The number of likely N-dealkylation sites (tertiary alicyclic amines) is 1. The first-order chi connectivity index (χ1) is 13.2. The molecule has 2 fully saturated rings. The molecule has 150 valence electrons. The van der Waals surface area contributed by atoms with E-state index in [1.165, 1.54) is 25.8 Å². The van der Waals surface area contributed by atoms with Gasteiger partial charge in [-0.05, 0) is 51.4 Å². The number of aromatic nitrogens is 1. The molecule has 3 rings (SSSR count). The van der Waals surface area contributed by atoms with E-state index in [0.29, 0.717) is 12.1 Å². The average molecular weight is 393 g/mol. The van der Waals surface area contributed by atoms with Crippen LogP contribution in [0, 0.1) is 0 Å². The van der Waals surface area contributed by atoms with E-state index in [0.717, 1.165) is 55.9 Å². The molecule has 0 aliphatic carbocycles. The fraction of sp³-hybridized carbons (Fsp3) is 0.700. The summed E-state index contributed by atoms with van der Waals surface area (Å²) in [5.41, 5.74) is 0. The van der Waals surface area contributed by atoms with Crippen molar-refractivity contribution in [2.24, 2.45) is 4.99 Å². The van der Waals surface area contributed by atoms with Crippen molar-refractivity contribution in [2.75, 3.05) is 44.2 Å². The predicted octanol–water partition coefficient (Wildman–Crippen LogP) is 2.74. The summed E-state index contributed by atoms with van der Waals surface area (Å²) in [4.78, 5) is 14.2. The number of hydrogen-bond acceptors (Lipinski definition) is 4. The highest BCUT2D eigenvalue weighted by Gasteiger charge is 2.26. The monoisotopic (exact) mass is 392 g/mol. The smallest absolute Gasteiger partial charge is 0.191 e. The van der Waals surface area contributed by atoms with Gasteiger partial charge in [-0.15, -0.1) is 0 Å². The SMILES string of the molecule is CCNC(=NCC1CCCCN1CC)NC1CCN(c2ncccc2Cl)C1. The quantitative estimate of drug-likeness (QED) is 0.576. The normalized spacial score (nSPS) is 24.3. The Balaban J connectivity index is 1.57. The highest BCUT2D eigenvalue weighted by atomic mass is 35.5. The van der Waals surface area contributed by atoms with Crippen molar-refractivity contribution in [3.63, 3.8) is 0 Å². The third-order valence-corrected chi connectivity index (χ3v) is 5.82. The molecule has 0 saturated carbocycles. The number of piperidine rings is 1. The fourth-order valence-electron chi connectivity index (χ4n) is 4.07. The van der Waals surface area contributed by atoms with Crippen molar-refractivity contribution in [1.82, 2.24) is 20.5 Å². The first kappa shape index (κ1) is 20.2. The van der Waals surface area contributed by atoms with Crippen molar-refractivity contribution in [1.29, 1.82) is 0 Å². The van der Waals surface area contributed by atoms with Crippen LogP contribution in [0.25, 0.3) is 0 Å². The summed E-state index contributed by atoms with van der Waals surface area (Å²) in [5.74, 6) is 1.81. The van der Waals surface area contributed by atoms with E-state index < -0.39 is 0 Å². The zero-order valence-corrected chi connectivity index (χ0v) is 17.4. The third-order valence-electron chi connectivity index (χ3n) is 5.53. The molecule has 6 nitrogen and oxygen atoms in total. The Bertz CT molecular complexity index is 622. The van der Waals surface area contributed by atoms with Crippen LogP contribution in [-0.2, 0) is 0 Å². The van der Waals surface area contributed by atoms with Gasteiger partial charge in [-0.2, -0.15) is 0 Å². The van der Waals surface area contributed by atoms with Crippen molar-refractivity contribution >= 4 is 23.4 Å². The van der Waals surface area contributed by atoms with Crippen LogP contribution in [0.5, 0.6) is 0 Å². The number of anilines is 1. The van der Waals surface area contributed by atoms with Gasteiger partial charge in [0.15, 0.2) is 5.96 Å². The molecule has 3 heterocycles. The second-order valence-electron chi connectivity index (χ2n) is 7.38. The summed E-state index contributed by atoms with van der Waals surface area (Å²) >= 11 is 6.31. The summed E-state index contributed by atoms with van der Waals surface area (Å²) in [6.45, 7) is 10.3. The molecule has 1 aromatic heterocycles. The Morgan fingerprint density at radius 1 is 1.30 bits per heavy atom. The summed E-state index contributed by atoms with van der Waals surface area (Å²) in [7, 11) is 0. The third kappa shape index (κ3) is 5.48. The molecule has 1 aromatic rings. The van der Waals surface area contributed by atoms with Crippen LogP contribution in [0.2, 0.25) is 5.02 Å². The Hall–Kier alpha value is -1.53. The van der Waals surface area contributed by atoms with Crippen molar-refractivity contribution in [3.8, 4) is 0 Å². The number of pyridine rings is 1. The second kappa shape index (κ2) is 10.1. The van der Waals surface area contributed by atoms with E-state index in [1.807, 2.05) is 12.1 Å². The van der Waals surface area contributed by atoms with Crippen LogP contribution in [0.15, 0.2) is 23.3 Å². The number of aliphatic imine (C=N–C) groups is 1. The molecule has 0 aromatic carbocycles. The van der Waals surface area contributed by atoms with Gasteiger partial charge < -0.3 is 15.5 Å². The van der Waals surface area contributed by atoms with Crippen LogP contribution in [-0.4, -0.2) is 67.2 Å². The Kier molecular flexibility index (Phi) is 7.59. The number of likely N-dealkylation sites (N-methyl/N-ethyl adjacent to an activating group) is 1. The first-order valence-electron chi connectivity index (χ1n) is 10.4. The average Bonchev–Trinajstić information content (AvgIpc) is 3.15. The number of guanidine groups is 1. The van der Waals surface area contributed by atoms with Gasteiger partial charge in [-0.3, -0.25) is 9.89 Å². The Morgan fingerprint density at radius 2 is 2.19 bits per heavy atom. The highest BCUT2D eigenvalue weighted by molar-refractivity contribution is 6.32. The molecule has 0 spiro atoms. The summed E-state index contributed by atoms with van der Waals surface area (Å²) in [6, 6.07) is 4.71. The maximum atomic E-state index is 6.31. The van der Waals surface area contributed by atoms with E-state index >= 15 is 0 Å². The number of hydrogen-bond donors (Lipinski definition) is 2. The minimum Gasteiger partial charge on any atom is -0.357 e. The molecule has 2 saturated heterocycles. The zero-order chi connectivity index (χ0) is 19.1. The summed E-state index contributed by atoms with van der Waals surface area (Å²) in [5, 5.41) is 7.74. The molecule has 0 radical (unpaired) electrons. The van der Waals surface area contributed by atoms with Crippen LogP contribution in [0.3, 0.4) is 0 Å². The maximum Gasteiger partial charge on any atom is 0.191 e. The van der Waals surface area contributed by atoms with Crippen molar-refractivity contribution in [2.45, 2.75) is 51.6 Å². The van der Waals surface area contributed by atoms with Crippen LogP contribution < -0.4 is 15.5 Å². The molecule has 0 amide bonds. The highest BCUT2D eigenvalue weighted by Crippen LogP contribution is 2.25. The number of halogens is 1. The van der Waals surface area contributed by atoms with Crippen molar-refractivity contribution < 1.29 is 0 Å². The topological polar surface area (TPSA) is 55.8 Å². The molecular weight excluding hydrogens is 360 g/mol. The van der Waals surface area contributed by atoms with Crippen LogP contribution >= 0.6 is 11.6 Å².